The average Bonchev–Trinajstić information content (AvgIpc) is 3.10. The average molecular weight is 450 g/mol. The van der Waals surface area contributed by atoms with Crippen molar-refractivity contribution in [1.82, 2.24) is 5.32 Å². The molecule has 4 aliphatic carbocycles. The first kappa shape index (κ1) is 24.0. The highest BCUT2D eigenvalue weighted by Gasteiger charge is 2.63. The molecule has 0 aromatic heterocycles. The number of aliphatic hydroxyl groups excluding tert-OH is 2. The zero-order valence-corrected chi connectivity index (χ0v) is 20.1. The van der Waals surface area contributed by atoms with E-state index in [0.717, 1.165) is 44.9 Å². The van der Waals surface area contributed by atoms with Crippen molar-refractivity contribution in [3.05, 3.63) is 0 Å². The van der Waals surface area contributed by atoms with Gasteiger partial charge in [0.2, 0.25) is 5.91 Å². The Labute approximate surface area is 192 Å². The van der Waals surface area contributed by atoms with Crippen LogP contribution in [0.25, 0.3) is 0 Å². The fourth-order valence-electron chi connectivity index (χ4n) is 8.98. The second-order valence-corrected chi connectivity index (χ2v) is 12.1. The number of aliphatic hydroxyl groups is 2. The van der Waals surface area contributed by atoms with Crippen LogP contribution in [-0.2, 0) is 9.59 Å². The van der Waals surface area contributed by atoms with Crippen LogP contribution in [-0.4, -0.2) is 45.9 Å². The van der Waals surface area contributed by atoms with Crippen LogP contribution in [0.2, 0.25) is 0 Å². The minimum atomic E-state index is -1.02. The highest BCUT2D eigenvalue weighted by Crippen LogP contribution is 2.68. The number of carbonyl (C=O) groups excluding carboxylic acids is 1. The highest BCUT2D eigenvalue weighted by molar-refractivity contribution is 5.81. The second kappa shape index (κ2) is 8.90. The smallest absolute Gasteiger partial charge is 0.322 e. The van der Waals surface area contributed by atoms with E-state index in [9.17, 15) is 19.8 Å². The van der Waals surface area contributed by atoms with Gasteiger partial charge in [0, 0.05) is 6.42 Å². The van der Waals surface area contributed by atoms with Crippen molar-refractivity contribution in [3.63, 3.8) is 0 Å². The van der Waals surface area contributed by atoms with Crippen LogP contribution >= 0.6 is 0 Å². The number of nitrogens with one attached hydrogen (secondary N) is 1. The van der Waals surface area contributed by atoms with Gasteiger partial charge in [0.1, 0.15) is 6.54 Å². The minimum Gasteiger partial charge on any atom is -0.480 e. The van der Waals surface area contributed by atoms with Gasteiger partial charge in [-0.1, -0.05) is 20.8 Å². The Hall–Kier alpha value is -1.14. The lowest BCUT2D eigenvalue weighted by atomic mass is 9.43. The molecule has 0 aromatic carbocycles. The van der Waals surface area contributed by atoms with Crippen molar-refractivity contribution in [2.24, 2.45) is 46.3 Å². The molecule has 0 saturated heterocycles. The fraction of sp³-hybridized carbons (Fsp3) is 0.923. The predicted octanol–water partition coefficient (Wildman–Crippen LogP) is 3.59. The lowest BCUT2D eigenvalue weighted by molar-refractivity contribution is -0.175. The fourth-order valence-corrected chi connectivity index (χ4v) is 8.98. The van der Waals surface area contributed by atoms with E-state index in [1.807, 2.05) is 0 Å². The zero-order valence-electron chi connectivity index (χ0n) is 20.1. The van der Waals surface area contributed by atoms with Crippen LogP contribution in [0.1, 0.15) is 85.0 Å². The first-order chi connectivity index (χ1) is 15.1. The van der Waals surface area contributed by atoms with Gasteiger partial charge in [-0.25, -0.2) is 0 Å². The summed E-state index contributed by atoms with van der Waals surface area (Å²) in [5.41, 5.74) is 0.145. The van der Waals surface area contributed by atoms with Crippen LogP contribution in [0, 0.1) is 46.3 Å². The first-order valence-electron chi connectivity index (χ1n) is 12.9. The van der Waals surface area contributed by atoms with E-state index in [4.69, 9.17) is 5.11 Å². The molecule has 1 amide bonds. The Morgan fingerprint density at radius 1 is 1.03 bits per heavy atom. The molecule has 32 heavy (non-hydrogen) atoms. The van der Waals surface area contributed by atoms with Crippen molar-refractivity contribution in [3.8, 4) is 0 Å². The summed E-state index contributed by atoms with van der Waals surface area (Å²) in [4.78, 5) is 22.7. The number of hydrogen-bond donors (Lipinski definition) is 4. The molecule has 4 saturated carbocycles. The van der Waals surface area contributed by atoms with E-state index in [-0.39, 0.29) is 35.5 Å². The van der Waals surface area contributed by atoms with Crippen LogP contribution in [0.3, 0.4) is 0 Å². The van der Waals surface area contributed by atoms with E-state index >= 15 is 0 Å². The molecule has 0 aliphatic heterocycles. The van der Waals surface area contributed by atoms with Crippen LogP contribution in [0.4, 0.5) is 0 Å². The van der Waals surface area contributed by atoms with Gasteiger partial charge in [-0.15, -0.1) is 0 Å². The number of amides is 1. The van der Waals surface area contributed by atoms with Gasteiger partial charge in [-0.3, -0.25) is 9.59 Å². The summed E-state index contributed by atoms with van der Waals surface area (Å²) in [7, 11) is 0. The van der Waals surface area contributed by atoms with E-state index in [1.54, 1.807) is 0 Å². The molecular weight excluding hydrogens is 406 g/mol. The summed E-state index contributed by atoms with van der Waals surface area (Å²) in [6.45, 7) is 6.65. The van der Waals surface area contributed by atoms with E-state index in [1.165, 1.54) is 12.8 Å². The second-order valence-electron chi connectivity index (χ2n) is 12.1. The summed E-state index contributed by atoms with van der Waals surface area (Å²) in [5.74, 6) is 1.84. The van der Waals surface area contributed by atoms with Crippen molar-refractivity contribution >= 4 is 11.9 Å². The monoisotopic (exact) mass is 449 g/mol. The summed E-state index contributed by atoms with van der Waals surface area (Å²) in [5, 5.41) is 33.0. The molecule has 10 atom stereocenters. The lowest BCUT2D eigenvalue weighted by Crippen LogP contribution is -2.58. The van der Waals surface area contributed by atoms with Gasteiger partial charge in [-0.05, 0) is 104 Å². The molecule has 6 nitrogen and oxygen atoms in total. The number of rotatable bonds is 6. The first-order valence-corrected chi connectivity index (χ1v) is 12.9. The molecule has 4 aliphatic rings. The Bertz CT molecular complexity index is 727. The number of fused-ring (bicyclic) bond motifs is 5. The normalized spacial score (nSPS) is 46.5. The number of carboxylic acids is 1. The summed E-state index contributed by atoms with van der Waals surface area (Å²) in [6.07, 6.45) is 9.12. The maximum absolute atomic E-state index is 12.0. The lowest BCUT2D eigenvalue weighted by Gasteiger charge is -2.62. The van der Waals surface area contributed by atoms with Crippen molar-refractivity contribution in [1.29, 1.82) is 0 Å². The molecule has 0 spiro atoms. The third kappa shape index (κ3) is 4.00. The summed E-state index contributed by atoms with van der Waals surface area (Å²) in [6, 6.07) is 0. The SMILES string of the molecule is CC(CCC(=O)NCC(=O)O)C1CC[C@H]2C3CCC4C[C@H](O)CCC4(C)[C@H]3C[C@H](O)C12C. The van der Waals surface area contributed by atoms with E-state index in [0.29, 0.717) is 41.9 Å². The summed E-state index contributed by atoms with van der Waals surface area (Å²) < 4.78 is 0. The molecule has 182 valence electrons. The third-order valence-corrected chi connectivity index (χ3v) is 10.8. The molecule has 0 bridgehead atoms. The molecule has 6 unspecified atom stereocenters. The Kier molecular flexibility index (Phi) is 6.68. The molecule has 0 radical (unpaired) electrons. The van der Waals surface area contributed by atoms with Crippen LogP contribution in [0.5, 0.6) is 0 Å². The number of carbonyl (C=O) groups is 2. The van der Waals surface area contributed by atoms with E-state index in [2.05, 4.69) is 26.1 Å². The number of carboxylic acid groups (broad SMARTS) is 1. The maximum Gasteiger partial charge on any atom is 0.322 e. The summed E-state index contributed by atoms with van der Waals surface area (Å²) >= 11 is 0. The van der Waals surface area contributed by atoms with Gasteiger partial charge in [0.05, 0.1) is 12.2 Å². The van der Waals surface area contributed by atoms with E-state index < -0.39 is 5.97 Å². The van der Waals surface area contributed by atoms with Crippen molar-refractivity contribution in [2.45, 2.75) is 97.2 Å². The molecule has 0 aromatic rings. The molecule has 6 heteroatoms. The third-order valence-electron chi connectivity index (χ3n) is 10.8. The Morgan fingerprint density at radius 2 is 1.78 bits per heavy atom. The van der Waals surface area contributed by atoms with Gasteiger partial charge in [0.25, 0.3) is 0 Å². The Balaban J connectivity index is 1.45. The number of aliphatic carboxylic acids is 1. The van der Waals surface area contributed by atoms with Gasteiger partial charge >= 0.3 is 5.97 Å². The van der Waals surface area contributed by atoms with Crippen molar-refractivity contribution in [2.75, 3.05) is 6.54 Å². The highest BCUT2D eigenvalue weighted by atomic mass is 16.4. The quantitative estimate of drug-likeness (QED) is 0.496. The van der Waals surface area contributed by atoms with Gasteiger partial charge in [0.15, 0.2) is 0 Å². The molecular formula is C26H43NO5. The molecule has 0 heterocycles. The largest absolute Gasteiger partial charge is 0.480 e. The van der Waals surface area contributed by atoms with Crippen LogP contribution < -0.4 is 5.32 Å². The topological polar surface area (TPSA) is 107 Å². The maximum atomic E-state index is 12.0. The Morgan fingerprint density at radius 3 is 2.50 bits per heavy atom. The predicted molar refractivity (Wildman–Crippen MR) is 122 cm³/mol. The van der Waals surface area contributed by atoms with Crippen LogP contribution in [0.15, 0.2) is 0 Å². The molecule has 4 rings (SSSR count). The number of hydrogen-bond acceptors (Lipinski definition) is 4. The van der Waals surface area contributed by atoms with Gasteiger partial charge in [-0.2, -0.15) is 0 Å². The van der Waals surface area contributed by atoms with Crippen molar-refractivity contribution < 1.29 is 24.9 Å². The minimum absolute atomic E-state index is 0.102. The standard InChI is InChI=1S/C26H43NO5/c1-15(4-9-23(30)27-14-24(31)32)19-7-8-20-18-6-5-16-12-17(28)10-11-25(16,2)21(18)13-22(29)26(19,20)3/h15-22,28-29H,4-14H2,1-3H3,(H,27,30)(H,31,32)/t15?,16?,17-,18?,19?,20+,21+,22+,25?,26?/m1/s1. The zero-order chi connectivity index (χ0) is 23.3. The molecule has 4 N–H and O–H groups in total. The van der Waals surface area contributed by atoms with Gasteiger partial charge < -0.3 is 20.6 Å². The molecule has 4 fully saturated rings.